The van der Waals surface area contributed by atoms with Gasteiger partial charge in [0.05, 0.1) is 11.7 Å². The molecular formula is C27H36N4. The van der Waals surface area contributed by atoms with E-state index in [0.717, 1.165) is 19.5 Å². The van der Waals surface area contributed by atoms with E-state index < -0.39 is 0 Å². The molecule has 2 aromatic rings. The molecule has 31 heavy (non-hydrogen) atoms. The highest BCUT2D eigenvalue weighted by molar-refractivity contribution is 5.58. The van der Waals surface area contributed by atoms with Gasteiger partial charge in [0.15, 0.2) is 0 Å². The van der Waals surface area contributed by atoms with Gasteiger partial charge >= 0.3 is 0 Å². The first kappa shape index (κ1) is 19.8. The first-order chi connectivity index (χ1) is 15.2. The third-order valence-electron chi connectivity index (χ3n) is 8.45. The number of nitrogens with zero attached hydrogens (tertiary/aromatic N) is 3. The van der Waals surface area contributed by atoms with Crippen molar-refractivity contribution in [1.29, 1.82) is 0 Å². The normalized spacial score (nSPS) is 26.6. The molecule has 1 aromatic heterocycles. The van der Waals surface area contributed by atoms with E-state index in [4.69, 9.17) is 4.98 Å². The summed E-state index contributed by atoms with van der Waals surface area (Å²) >= 11 is 0. The van der Waals surface area contributed by atoms with Crippen LogP contribution >= 0.6 is 0 Å². The smallest absolute Gasteiger partial charge is 0.0607 e. The molecule has 1 aromatic carbocycles. The summed E-state index contributed by atoms with van der Waals surface area (Å²) in [6.45, 7) is 4.60. The largest absolute Gasteiger partial charge is 0.371 e. The third kappa shape index (κ3) is 3.78. The maximum Gasteiger partial charge on any atom is 0.0607 e. The number of likely N-dealkylation sites (N-methyl/N-ethyl adjacent to an activating group) is 1. The van der Waals surface area contributed by atoms with Gasteiger partial charge in [-0.25, -0.2) is 0 Å². The Kier molecular flexibility index (Phi) is 5.03. The Bertz CT molecular complexity index is 950. The van der Waals surface area contributed by atoms with Crippen LogP contribution in [-0.2, 0) is 19.4 Å². The highest BCUT2D eigenvalue weighted by Gasteiger charge is 2.45. The first-order valence-electron chi connectivity index (χ1n) is 12.4. The van der Waals surface area contributed by atoms with Crippen LogP contribution in [0.1, 0.15) is 67.0 Å². The topological polar surface area (TPSA) is 31.4 Å². The second kappa shape index (κ2) is 7.90. The minimum Gasteiger partial charge on any atom is -0.371 e. The Morgan fingerprint density at radius 1 is 1.13 bits per heavy atom. The predicted octanol–water partition coefficient (Wildman–Crippen LogP) is 4.49. The fourth-order valence-electron chi connectivity index (χ4n) is 6.51. The second-order valence-electron chi connectivity index (χ2n) is 10.6. The Labute approximate surface area is 187 Å². The summed E-state index contributed by atoms with van der Waals surface area (Å²) in [4.78, 5) is 10.1. The minimum atomic E-state index is 0.459. The molecule has 1 saturated heterocycles. The van der Waals surface area contributed by atoms with Crippen LogP contribution < -0.4 is 10.2 Å². The zero-order valence-corrected chi connectivity index (χ0v) is 18.9. The van der Waals surface area contributed by atoms with Crippen molar-refractivity contribution in [3.05, 3.63) is 58.9 Å². The summed E-state index contributed by atoms with van der Waals surface area (Å²) in [6, 6.07) is 12.3. The van der Waals surface area contributed by atoms with Crippen LogP contribution in [0, 0.1) is 5.41 Å². The van der Waals surface area contributed by atoms with Crippen molar-refractivity contribution in [2.75, 3.05) is 31.6 Å². The minimum absolute atomic E-state index is 0.459. The molecule has 1 spiro atoms. The molecule has 1 N–H and O–H groups in total. The van der Waals surface area contributed by atoms with Crippen LogP contribution in [0.5, 0.6) is 0 Å². The molecule has 2 atom stereocenters. The molecule has 4 aliphatic rings. The maximum absolute atomic E-state index is 4.78. The Morgan fingerprint density at radius 2 is 2.03 bits per heavy atom. The number of hydrogen-bond acceptors (Lipinski definition) is 4. The van der Waals surface area contributed by atoms with Gasteiger partial charge in [0, 0.05) is 44.1 Å². The Morgan fingerprint density at radius 3 is 2.94 bits per heavy atom. The number of nitrogens with one attached hydrogen (secondary N) is 1. The van der Waals surface area contributed by atoms with Crippen molar-refractivity contribution in [2.45, 2.75) is 70.0 Å². The van der Waals surface area contributed by atoms with Crippen molar-refractivity contribution in [1.82, 2.24) is 15.2 Å². The lowest BCUT2D eigenvalue weighted by atomic mass is 9.89. The Hall–Kier alpha value is -1.91. The van der Waals surface area contributed by atoms with Crippen LogP contribution in [0.4, 0.5) is 5.69 Å². The SMILES string of the molecule is CN(C[C@@H]1Cc2c(cccc2N2CCCC3(CC3)C2)CN1)[C@H]1CCCc2cccnc21. The summed E-state index contributed by atoms with van der Waals surface area (Å²) in [5.74, 6) is 0. The van der Waals surface area contributed by atoms with E-state index >= 15 is 0 Å². The number of aromatic nitrogens is 1. The molecule has 4 nitrogen and oxygen atoms in total. The van der Waals surface area contributed by atoms with Crippen LogP contribution in [-0.4, -0.2) is 42.6 Å². The van der Waals surface area contributed by atoms with Crippen LogP contribution in [0.25, 0.3) is 0 Å². The van der Waals surface area contributed by atoms with E-state index in [1.165, 1.54) is 80.5 Å². The van der Waals surface area contributed by atoms with E-state index in [1.54, 1.807) is 5.56 Å². The van der Waals surface area contributed by atoms with Gasteiger partial charge in [-0.15, -0.1) is 0 Å². The molecule has 0 unspecified atom stereocenters. The average Bonchev–Trinajstić information content (AvgIpc) is 3.56. The lowest BCUT2D eigenvalue weighted by molar-refractivity contribution is 0.191. The Balaban J connectivity index is 1.19. The molecule has 1 saturated carbocycles. The van der Waals surface area contributed by atoms with Crippen molar-refractivity contribution >= 4 is 5.69 Å². The van der Waals surface area contributed by atoms with Gasteiger partial charge in [-0.05, 0) is 92.7 Å². The van der Waals surface area contributed by atoms with Gasteiger partial charge in [0.2, 0.25) is 0 Å². The summed E-state index contributed by atoms with van der Waals surface area (Å²) in [5.41, 5.74) is 8.08. The second-order valence-corrected chi connectivity index (χ2v) is 10.6. The van der Waals surface area contributed by atoms with Gasteiger partial charge in [0.1, 0.15) is 0 Å². The standard InChI is InChI=1S/C27H36N4/c1-30(25-10-2-6-20-8-4-14-28-26(20)25)18-22-16-23-21(17-29-22)7-3-9-24(23)31-15-5-11-27(19-31)12-13-27/h3-4,7-9,14,22,25,29H,2,5-6,10-13,15-19H2,1H3/t22-,25-/m0/s1. The molecule has 0 amide bonds. The number of aryl methyl sites for hydroxylation is 1. The van der Waals surface area contributed by atoms with E-state index in [1.807, 2.05) is 6.20 Å². The molecule has 3 heterocycles. The number of fused-ring (bicyclic) bond motifs is 2. The zero-order valence-electron chi connectivity index (χ0n) is 18.9. The quantitative estimate of drug-likeness (QED) is 0.796. The van der Waals surface area contributed by atoms with Crippen molar-refractivity contribution in [3.63, 3.8) is 0 Å². The predicted molar refractivity (Wildman–Crippen MR) is 126 cm³/mol. The fraction of sp³-hybridized carbons (Fsp3) is 0.593. The maximum atomic E-state index is 4.78. The van der Waals surface area contributed by atoms with Crippen LogP contribution in [0.2, 0.25) is 0 Å². The van der Waals surface area contributed by atoms with Crippen LogP contribution in [0.3, 0.4) is 0 Å². The van der Waals surface area contributed by atoms with Gasteiger partial charge in [-0.3, -0.25) is 9.88 Å². The lowest BCUT2D eigenvalue weighted by Gasteiger charge is -2.39. The van der Waals surface area contributed by atoms with E-state index in [-0.39, 0.29) is 0 Å². The van der Waals surface area contributed by atoms with Gasteiger partial charge in [-0.1, -0.05) is 18.2 Å². The summed E-state index contributed by atoms with van der Waals surface area (Å²) in [6.07, 6.45) is 12.5. The molecule has 2 aliphatic heterocycles. The number of rotatable bonds is 4. The lowest BCUT2D eigenvalue weighted by Crippen LogP contribution is -2.46. The molecular weight excluding hydrogens is 380 g/mol. The molecule has 0 bridgehead atoms. The molecule has 164 valence electrons. The zero-order chi connectivity index (χ0) is 20.8. The monoisotopic (exact) mass is 416 g/mol. The van der Waals surface area contributed by atoms with Gasteiger partial charge in [-0.2, -0.15) is 0 Å². The summed E-state index contributed by atoms with van der Waals surface area (Å²) < 4.78 is 0. The average molecular weight is 417 g/mol. The summed E-state index contributed by atoms with van der Waals surface area (Å²) in [7, 11) is 2.30. The highest BCUT2D eigenvalue weighted by atomic mass is 15.2. The summed E-state index contributed by atoms with van der Waals surface area (Å²) in [5, 5.41) is 3.85. The van der Waals surface area contributed by atoms with Gasteiger partial charge < -0.3 is 10.2 Å². The molecule has 6 rings (SSSR count). The first-order valence-corrected chi connectivity index (χ1v) is 12.4. The number of benzene rings is 1. The number of hydrogen-bond donors (Lipinski definition) is 1. The molecule has 0 radical (unpaired) electrons. The van der Waals surface area contributed by atoms with E-state index in [9.17, 15) is 0 Å². The molecule has 4 heteroatoms. The van der Waals surface area contributed by atoms with Crippen LogP contribution in [0.15, 0.2) is 36.5 Å². The number of piperidine rings is 1. The molecule has 2 aliphatic carbocycles. The number of anilines is 1. The van der Waals surface area contributed by atoms with Crippen molar-refractivity contribution in [3.8, 4) is 0 Å². The number of pyridine rings is 1. The third-order valence-corrected chi connectivity index (χ3v) is 8.45. The van der Waals surface area contributed by atoms with Gasteiger partial charge in [0.25, 0.3) is 0 Å². The molecule has 2 fully saturated rings. The van der Waals surface area contributed by atoms with E-state index in [0.29, 0.717) is 17.5 Å². The van der Waals surface area contributed by atoms with Crippen molar-refractivity contribution < 1.29 is 0 Å². The van der Waals surface area contributed by atoms with E-state index in [2.05, 4.69) is 52.5 Å². The van der Waals surface area contributed by atoms with Crippen molar-refractivity contribution in [2.24, 2.45) is 5.41 Å². The highest BCUT2D eigenvalue weighted by Crippen LogP contribution is 2.53. The fourth-order valence-corrected chi connectivity index (χ4v) is 6.51.